The first-order chi connectivity index (χ1) is 9.08. The summed E-state index contributed by atoms with van der Waals surface area (Å²) < 4.78 is 1.70. The van der Waals surface area contributed by atoms with E-state index < -0.39 is 5.97 Å². The third-order valence-electron chi connectivity index (χ3n) is 3.12. The Balaban J connectivity index is 1.86. The molecule has 1 aliphatic rings. The molecule has 7 nitrogen and oxygen atoms in total. The number of hydrogen-bond donors (Lipinski definition) is 3. The van der Waals surface area contributed by atoms with E-state index >= 15 is 0 Å². The predicted molar refractivity (Wildman–Crippen MR) is 68.8 cm³/mol. The molecule has 0 radical (unpaired) electrons. The Morgan fingerprint density at radius 2 is 2.32 bits per heavy atom. The summed E-state index contributed by atoms with van der Waals surface area (Å²) >= 11 is 0. The van der Waals surface area contributed by atoms with E-state index in [1.165, 1.54) is 0 Å². The largest absolute Gasteiger partial charge is 0.481 e. The third kappa shape index (κ3) is 3.97. The zero-order valence-electron chi connectivity index (χ0n) is 10.8. The van der Waals surface area contributed by atoms with E-state index in [9.17, 15) is 9.59 Å². The van der Waals surface area contributed by atoms with Crippen LogP contribution in [0, 0.1) is 5.92 Å². The van der Waals surface area contributed by atoms with Crippen LogP contribution in [-0.2, 0) is 11.3 Å². The van der Waals surface area contributed by atoms with E-state index in [2.05, 4.69) is 15.7 Å². The number of anilines is 1. The van der Waals surface area contributed by atoms with Crippen LogP contribution in [-0.4, -0.2) is 32.9 Å². The van der Waals surface area contributed by atoms with Crippen LogP contribution in [0.2, 0.25) is 0 Å². The summed E-state index contributed by atoms with van der Waals surface area (Å²) in [6, 6.07) is -0.674. The minimum Gasteiger partial charge on any atom is -0.481 e. The van der Waals surface area contributed by atoms with Gasteiger partial charge in [0, 0.05) is 18.8 Å². The van der Waals surface area contributed by atoms with Gasteiger partial charge in [-0.1, -0.05) is 0 Å². The maximum atomic E-state index is 11.8. The van der Waals surface area contributed by atoms with E-state index in [1.807, 2.05) is 6.92 Å². The monoisotopic (exact) mass is 266 g/mol. The Kier molecular flexibility index (Phi) is 4.03. The number of carbonyl (C=O) groups is 2. The number of aromatic nitrogens is 2. The van der Waals surface area contributed by atoms with E-state index in [1.54, 1.807) is 17.1 Å². The van der Waals surface area contributed by atoms with Crippen LogP contribution in [0.15, 0.2) is 12.4 Å². The highest BCUT2D eigenvalue weighted by atomic mass is 16.4. The normalized spacial score (nSPS) is 15.8. The molecule has 0 aromatic carbocycles. The van der Waals surface area contributed by atoms with Gasteiger partial charge in [-0.05, 0) is 25.7 Å². The van der Waals surface area contributed by atoms with Gasteiger partial charge in [0.15, 0.2) is 0 Å². The second-order valence-electron chi connectivity index (χ2n) is 4.72. The van der Waals surface area contributed by atoms with E-state index in [-0.39, 0.29) is 18.5 Å². The molecule has 7 heteroatoms. The Morgan fingerprint density at radius 3 is 2.84 bits per heavy atom. The molecule has 1 saturated carbocycles. The molecule has 0 bridgehead atoms. The van der Waals surface area contributed by atoms with E-state index in [0.29, 0.717) is 11.6 Å². The summed E-state index contributed by atoms with van der Waals surface area (Å²) in [5, 5.41) is 18.2. The highest BCUT2D eigenvalue weighted by molar-refractivity contribution is 5.89. The highest BCUT2D eigenvalue weighted by Gasteiger charge is 2.33. The molecular formula is C12H18N4O3. The van der Waals surface area contributed by atoms with Crippen molar-refractivity contribution in [1.82, 2.24) is 15.1 Å². The molecule has 2 rings (SSSR count). The van der Waals surface area contributed by atoms with Crippen molar-refractivity contribution in [3.8, 4) is 0 Å². The molecule has 1 aromatic rings. The lowest BCUT2D eigenvalue weighted by atomic mass is 10.1. The number of aryl methyl sites for hydroxylation is 1. The SMILES string of the molecule is CCn1cc(NC(=O)NC(CC(=O)O)C2CC2)cn1. The van der Waals surface area contributed by atoms with Gasteiger partial charge in [0.2, 0.25) is 0 Å². The smallest absolute Gasteiger partial charge is 0.319 e. The molecule has 1 unspecified atom stereocenters. The molecule has 1 aromatic heterocycles. The van der Waals surface area contributed by atoms with Gasteiger partial charge in [-0.15, -0.1) is 0 Å². The minimum atomic E-state index is -0.893. The number of carbonyl (C=O) groups excluding carboxylic acids is 1. The summed E-state index contributed by atoms with van der Waals surface area (Å²) in [5.74, 6) is -0.601. The fourth-order valence-corrected chi connectivity index (χ4v) is 1.96. The highest BCUT2D eigenvalue weighted by Crippen LogP contribution is 2.34. The van der Waals surface area contributed by atoms with Gasteiger partial charge in [0.25, 0.3) is 0 Å². The zero-order valence-corrected chi connectivity index (χ0v) is 10.8. The van der Waals surface area contributed by atoms with Gasteiger partial charge in [0.05, 0.1) is 18.3 Å². The summed E-state index contributed by atoms with van der Waals surface area (Å²) in [7, 11) is 0. The molecule has 2 amide bonds. The zero-order chi connectivity index (χ0) is 13.8. The summed E-state index contributed by atoms with van der Waals surface area (Å²) in [6.45, 7) is 2.68. The topological polar surface area (TPSA) is 96.2 Å². The molecule has 19 heavy (non-hydrogen) atoms. The van der Waals surface area contributed by atoms with E-state index in [0.717, 1.165) is 19.4 Å². The van der Waals surface area contributed by atoms with Crippen LogP contribution in [0.25, 0.3) is 0 Å². The van der Waals surface area contributed by atoms with Crippen LogP contribution >= 0.6 is 0 Å². The molecule has 1 fully saturated rings. The minimum absolute atomic E-state index is 0.0354. The Morgan fingerprint density at radius 1 is 1.58 bits per heavy atom. The van der Waals surface area contributed by atoms with Gasteiger partial charge < -0.3 is 15.7 Å². The average Bonchev–Trinajstić information content (AvgIpc) is 3.09. The summed E-state index contributed by atoms with van der Waals surface area (Å²) in [4.78, 5) is 22.5. The van der Waals surface area contributed by atoms with Crippen LogP contribution in [0.1, 0.15) is 26.2 Å². The third-order valence-corrected chi connectivity index (χ3v) is 3.12. The number of nitrogens with zero attached hydrogens (tertiary/aromatic N) is 2. The van der Waals surface area contributed by atoms with Gasteiger partial charge in [-0.25, -0.2) is 4.79 Å². The average molecular weight is 266 g/mol. The molecule has 3 N–H and O–H groups in total. The summed E-state index contributed by atoms with van der Waals surface area (Å²) in [5.41, 5.74) is 0.601. The molecule has 0 spiro atoms. The summed E-state index contributed by atoms with van der Waals surface area (Å²) in [6.07, 6.45) is 5.21. The fraction of sp³-hybridized carbons (Fsp3) is 0.583. The number of amides is 2. The number of carboxylic acids is 1. The first kappa shape index (κ1) is 13.4. The van der Waals surface area contributed by atoms with Gasteiger partial charge in [-0.2, -0.15) is 5.10 Å². The first-order valence-electron chi connectivity index (χ1n) is 6.40. The second kappa shape index (κ2) is 5.73. The van der Waals surface area contributed by atoms with Crippen molar-refractivity contribution in [2.24, 2.45) is 5.92 Å². The lowest BCUT2D eigenvalue weighted by Crippen LogP contribution is -2.40. The number of rotatable bonds is 6. The molecule has 1 atom stereocenters. The Bertz CT molecular complexity index is 467. The molecule has 104 valence electrons. The maximum Gasteiger partial charge on any atom is 0.319 e. The molecule has 0 aliphatic heterocycles. The number of nitrogens with one attached hydrogen (secondary N) is 2. The van der Waals surface area contributed by atoms with Crippen molar-refractivity contribution in [2.45, 2.75) is 38.8 Å². The van der Waals surface area contributed by atoms with Crippen LogP contribution in [0.5, 0.6) is 0 Å². The second-order valence-corrected chi connectivity index (χ2v) is 4.72. The van der Waals surface area contributed by atoms with Crippen LogP contribution in [0.4, 0.5) is 10.5 Å². The predicted octanol–water partition coefficient (Wildman–Crippen LogP) is 1.28. The van der Waals surface area contributed by atoms with Gasteiger partial charge in [-0.3, -0.25) is 9.48 Å². The molecule has 1 heterocycles. The van der Waals surface area contributed by atoms with E-state index in [4.69, 9.17) is 5.11 Å². The Hall–Kier alpha value is -2.05. The molecule has 1 aliphatic carbocycles. The van der Waals surface area contributed by atoms with Crippen molar-refractivity contribution in [3.05, 3.63) is 12.4 Å². The molecule has 0 saturated heterocycles. The Labute approximate surface area is 111 Å². The quantitative estimate of drug-likeness (QED) is 0.722. The number of aliphatic carboxylic acids is 1. The van der Waals surface area contributed by atoms with Crippen molar-refractivity contribution < 1.29 is 14.7 Å². The number of carboxylic acid groups (broad SMARTS) is 1. The van der Waals surface area contributed by atoms with Crippen LogP contribution < -0.4 is 10.6 Å². The number of urea groups is 1. The van der Waals surface area contributed by atoms with Crippen molar-refractivity contribution in [3.63, 3.8) is 0 Å². The number of hydrogen-bond acceptors (Lipinski definition) is 3. The standard InChI is InChI=1S/C12H18N4O3/c1-2-16-7-9(6-13-16)14-12(19)15-10(5-11(17)18)8-3-4-8/h6-8,10H,2-5H2,1H3,(H,17,18)(H2,14,15,19). The lowest BCUT2D eigenvalue weighted by molar-refractivity contribution is -0.137. The van der Waals surface area contributed by atoms with Crippen LogP contribution in [0.3, 0.4) is 0 Å². The maximum absolute atomic E-state index is 11.8. The van der Waals surface area contributed by atoms with Crippen molar-refractivity contribution in [1.29, 1.82) is 0 Å². The van der Waals surface area contributed by atoms with Gasteiger partial charge in [0.1, 0.15) is 0 Å². The van der Waals surface area contributed by atoms with Gasteiger partial charge >= 0.3 is 12.0 Å². The molecular weight excluding hydrogens is 248 g/mol. The lowest BCUT2D eigenvalue weighted by Gasteiger charge is -2.16. The van der Waals surface area contributed by atoms with Crippen molar-refractivity contribution in [2.75, 3.05) is 5.32 Å². The van der Waals surface area contributed by atoms with Crippen molar-refractivity contribution >= 4 is 17.7 Å². The fourth-order valence-electron chi connectivity index (χ4n) is 1.96. The first-order valence-corrected chi connectivity index (χ1v) is 6.40.